The Balaban J connectivity index is 1.58. The van der Waals surface area contributed by atoms with Gasteiger partial charge in [-0.15, -0.1) is 0 Å². The number of aryl methyl sites for hydroxylation is 1. The molecule has 1 atom stereocenters. The molecule has 168 valence electrons. The second kappa shape index (κ2) is 7.74. The third-order valence-corrected chi connectivity index (χ3v) is 8.11. The predicted molar refractivity (Wildman–Crippen MR) is 123 cm³/mol. The summed E-state index contributed by atoms with van der Waals surface area (Å²) in [4.78, 5) is 18.2. The normalized spacial score (nSPS) is 19.9. The number of anilines is 1. The predicted octanol–water partition coefficient (Wildman–Crippen LogP) is 3.89. The fourth-order valence-electron chi connectivity index (χ4n) is 4.27. The maximum atomic E-state index is 13.3. The topological polar surface area (TPSA) is 103 Å². The van der Waals surface area contributed by atoms with Crippen molar-refractivity contribution in [3.63, 3.8) is 0 Å². The van der Waals surface area contributed by atoms with Crippen LogP contribution in [0.4, 0.5) is 5.69 Å². The number of ether oxygens (including phenoxy) is 1. The fourth-order valence-corrected chi connectivity index (χ4v) is 6.21. The largest absolute Gasteiger partial charge is 0.495 e. The summed E-state index contributed by atoms with van der Waals surface area (Å²) in [7, 11) is -1.55. The van der Waals surface area contributed by atoms with Crippen molar-refractivity contribution in [2.45, 2.75) is 38.1 Å². The van der Waals surface area contributed by atoms with Gasteiger partial charge in [-0.1, -0.05) is 11.6 Å². The first-order valence-corrected chi connectivity index (χ1v) is 12.7. The first kappa shape index (κ1) is 21.2. The molecule has 2 aromatic heterocycles. The van der Waals surface area contributed by atoms with Gasteiger partial charge in [0.25, 0.3) is 5.91 Å². The van der Waals surface area contributed by atoms with Crippen molar-refractivity contribution in [3.8, 4) is 5.75 Å². The molecule has 32 heavy (non-hydrogen) atoms. The zero-order valence-electron chi connectivity index (χ0n) is 17.8. The summed E-state index contributed by atoms with van der Waals surface area (Å²) in [5, 5.41) is 8.57. The van der Waals surface area contributed by atoms with Crippen molar-refractivity contribution in [1.82, 2.24) is 14.8 Å². The summed E-state index contributed by atoms with van der Waals surface area (Å²) in [6.45, 7) is 1.82. The van der Waals surface area contributed by atoms with Crippen molar-refractivity contribution >= 4 is 44.1 Å². The molecule has 1 N–H and O–H groups in total. The highest BCUT2D eigenvalue weighted by Gasteiger charge is 2.34. The van der Waals surface area contributed by atoms with Crippen LogP contribution in [0.15, 0.2) is 24.3 Å². The Morgan fingerprint density at radius 1 is 1.25 bits per heavy atom. The van der Waals surface area contributed by atoms with Gasteiger partial charge in [-0.05, 0) is 50.5 Å². The van der Waals surface area contributed by atoms with Crippen molar-refractivity contribution in [3.05, 3.63) is 46.2 Å². The lowest BCUT2D eigenvalue weighted by Gasteiger charge is -2.12. The molecular weight excluding hydrogens is 452 g/mol. The van der Waals surface area contributed by atoms with E-state index in [1.54, 1.807) is 22.9 Å². The van der Waals surface area contributed by atoms with E-state index in [2.05, 4.69) is 10.4 Å². The molecule has 10 heteroatoms. The van der Waals surface area contributed by atoms with E-state index >= 15 is 0 Å². The third-order valence-electron chi connectivity index (χ3n) is 6.06. The number of hydrogen-bond acceptors (Lipinski definition) is 6. The average molecular weight is 475 g/mol. The summed E-state index contributed by atoms with van der Waals surface area (Å²) in [5.41, 5.74) is 3.10. The number of carbonyl (C=O) groups is 1. The molecule has 2 fully saturated rings. The molecular formula is C22H23ClN4O4S. The minimum Gasteiger partial charge on any atom is -0.495 e. The van der Waals surface area contributed by atoms with Gasteiger partial charge in [-0.3, -0.25) is 4.79 Å². The minimum atomic E-state index is -3.08. The summed E-state index contributed by atoms with van der Waals surface area (Å²) >= 11 is 6.20. The van der Waals surface area contributed by atoms with Gasteiger partial charge in [0, 0.05) is 17.3 Å². The Bertz CT molecular complexity index is 1350. The lowest BCUT2D eigenvalue weighted by Crippen LogP contribution is -2.15. The van der Waals surface area contributed by atoms with Gasteiger partial charge in [-0.2, -0.15) is 5.10 Å². The molecule has 0 radical (unpaired) electrons. The molecule has 3 aromatic rings. The van der Waals surface area contributed by atoms with Gasteiger partial charge in [0.15, 0.2) is 15.5 Å². The monoisotopic (exact) mass is 474 g/mol. The van der Waals surface area contributed by atoms with Crippen molar-refractivity contribution in [2.24, 2.45) is 0 Å². The van der Waals surface area contributed by atoms with E-state index in [4.69, 9.17) is 21.3 Å². The van der Waals surface area contributed by atoms with Crippen LogP contribution in [0.3, 0.4) is 0 Å². The van der Waals surface area contributed by atoms with Gasteiger partial charge in [-0.25, -0.2) is 18.1 Å². The quantitative estimate of drug-likeness (QED) is 0.601. The molecule has 0 bridgehead atoms. The third kappa shape index (κ3) is 3.84. The Morgan fingerprint density at radius 2 is 2.03 bits per heavy atom. The number of sulfone groups is 1. The van der Waals surface area contributed by atoms with Crippen LogP contribution in [0.2, 0.25) is 5.02 Å². The number of fused-ring (bicyclic) bond motifs is 1. The number of nitrogens with zero attached hydrogens (tertiary/aromatic N) is 3. The number of aromatic nitrogens is 3. The molecule has 1 aromatic carbocycles. The summed E-state index contributed by atoms with van der Waals surface area (Å²) in [6.07, 6.45) is 2.55. The van der Waals surface area contributed by atoms with E-state index in [1.165, 1.54) is 7.11 Å². The summed E-state index contributed by atoms with van der Waals surface area (Å²) in [6, 6.07) is 6.62. The van der Waals surface area contributed by atoms with Crippen molar-refractivity contribution in [2.75, 3.05) is 23.9 Å². The number of benzene rings is 1. The van der Waals surface area contributed by atoms with E-state index in [1.807, 2.05) is 13.0 Å². The molecule has 8 nitrogen and oxygen atoms in total. The Hall–Kier alpha value is -2.65. The van der Waals surface area contributed by atoms with Gasteiger partial charge in [0.05, 0.1) is 46.3 Å². The van der Waals surface area contributed by atoms with Crippen molar-refractivity contribution in [1.29, 1.82) is 0 Å². The highest BCUT2D eigenvalue weighted by Crippen LogP contribution is 2.41. The lowest BCUT2D eigenvalue weighted by atomic mass is 10.1. The molecule has 1 aliphatic heterocycles. The maximum Gasteiger partial charge on any atom is 0.256 e. The van der Waals surface area contributed by atoms with Crippen LogP contribution in [-0.4, -0.2) is 47.7 Å². The summed E-state index contributed by atoms with van der Waals surface area (Å²) in [5.74, 6) is 0.742. The fraction of sp³-hybridized carbons (Fsp3) is 0.409. The number of pyridine rings is 1. The van der Waals surface area contributed by atoms with E-state index in [0.29, 0.717) is 51.1 Å². The second-order valence-corrected chi connectivity index (χ2v) is 11.1. The molecule has 1 amide bonds. The van der Waals surface area contributed by atoms with Crippen LogP contribution in [0.25, 0.3) is 11.0 Å². The van der Waals surface area contributed by atoms with E-state index in [9.17, 15) is 13.2 Å². The van der Waals surface area contributed by atoms with Crippen LogP contribution >= 0.6 is 11.6 Å². The van der Waals surface area contributed by atoms with Gasteiger partial charge in [0.2, 0.25) is 0 Å². The first-order valence-electron chi connectivity index (χ1n) is 10.5. The minimum absolute atomic E-state index is 0.0461. The van der Waals surface area contributed by atoms with Crippen LogP contribution in [-0.2, 0) is 9.84 Å². The number of rotatable bonds is 5. The highest BCUT2D eigenvalue weighted by atomic mass is 35.5. The van der Waals surface area contributed by atoms with Crippen LogP contribution < -0.4 is 10.1 Å². The summed E-state index contributed by atoms with van der Waals surface area (Å²) < 4.78 is 31.0. The Kier molecular flexibility index (Phi) is 5.13. The molecule has 1 saturated carbocycles. The molecule has 2 aliphatic rings. The second-order valence-electron chi connectivity index (χ2n) is 8.46. The Morgan fingerprint density at radius 3 is 2.66 bits per heavy atom. The Labute approximate surface area is 190 Å². The number of hydrogen-bond donors (Lipinski definition) is 1. The van der Waals surface area contributed by atoms with Crippen LogP contribution in [0.1, 0.15) is 53.0 Å². The number of carbonyl (C=O) groups excluding carboxylic acids is 1. The zero-order valence-corrected chi connectivity index (χ0v) is 19.3. The number of halogens is 1. The number of nitrogens with one attached hydrogen (secondary N) is 1. The molecule has 1 saturated heterocycles. The van der Waals surface area contributed by atoms with Crippen LogP contribution in [0.5, 0.6) is 5.75 Å². The van der Waals surface area contributed by atoms with E-state index in [-0.39, 0.29) is 23.5 Å². The van der Waals surface area contributed by atoms with Crippen molar-refractivity contribution < 1.29 is 17.9 Å². The SMILES string of the molecule is COc1ccc(NC(=O)c2cc(C3CC3)nc3c2c(C)nn3[C@H]2CCS(=O)(=O)C2)cc1Cl. The van der Waals surface area contributed by atoms with Crippen LogP contribution in [0, 0.1) is 6.92 Å². The zero-order chi connectivity index (χ0) is 22.6. The number of methoxy groups -OCH3 is 1. The standard InChI is InChI=1S/C22H23ClN4O4S/c1-12-20-16(22(28)24-14-5-6-19(31-2)17(23)9-14)10-18(13-3-4-13)25-21(20)27(26-12)15-7-8-32(29,30)11-15/h5-6,9-10,13,15H,3-4,7-8,11H2,1-2H3,(H,24,28)/t15-/m0/s1. The highest BCUT2D eigenvalue weighted by molar-refractivity contribution is 7.91. The lowest BCUT2D eigenvalue weighted by molar-refractivity contribution is 0.102. The van der Waals surface area contributed by atoms with E-state index in [0.717, 1.165) is 18.5 Å². The smallest absolute Gasteiger partial charge is 0.256 e. The van der Waals surface area contributed by atoms with Gasteiger partial charge >= 0.3 is 0 Å². The molecule has 3 heterocycles. The van der Waals surface area contributed by atoms with Gasteiger partial charge < -0.3 is 10.1 Å². The van der Waals surface area contributed by atoms with Gasteiger partial charge in [0.1, 0.15) is 5.75 Å². The average Bonchev–Trinajstić information content (AvgIpc) is 3.46. The van der Waals surface area contributed by atoms with E-state index < -0.39 is 9.84 Å². The molecule has 0 spiro atoms. The molecule has 0 unspecified atom stereocenters. The molecule has 5 rings (SSSR count). The molecule has 1 aliphatic carbocycles. The number of amides is 1. The maximum absolute atomic E-state index is 13.3. The first-order chi connectivity index (χ1) is 15.3.